The van der Waals surface area contributed by atoms with E-state index in [1.165, 1.54) is 90.4 Å². The second-order valence-corrected chi connectivity index (χ2v) is 9.80. The molecule has 3 atom stereocenters. The Morgan fingerprint density at radius 2 is 1.26 bits per heavy atom. The maximum absolute atomic E-state index is 11.2. The van der Waals surface area contributed by atoms with Crippen LogP contribution >= 0.6 is 0 Å². The van der Waals surface area contributed by atoms with Crippen LogP contribution in [0.4, 0.5) is 0 Å². The van der Waals surface area contributed by atoms with Crippen LogP contribution in [0.5, 0.6) is 0 Å². The van der Waals surface area contributed by atoms with Crippen molar-refractivity contribution >= 4 is 5.97 Å². The highest BCUT2D eigenvalue weighted by Crippen LogP contribution is 2.14. The number of aliphatic hydroxyl groups is 2. The molecule has 0 aliphatic rings. The van der Waals surface area contributed by atoms with E-state index in [4.69, 9.17) is 19.3 Å². The van der Waals surface area contributed by atoms with Crippen LogP contribution in [0.3, 0.4) is 0 Å². The summed E-state index contributed by atoms with van der Waals surface area (Å²) in [5, 5.41) is 18.2. The Morgan fingerprint density at radius 1 is 0.735 bits per heavy atom. The van der Waals surface area contributed by atoms with Crippen LogP contribution in [-0.4, -0.2) is 60.9 Å². The number of unbranched alkanes of at least 4 members (excludes halogenated alkanes) is 13. The van der Waals surface area contributed by atoms with Gasteiger partial charge in [-0.25, -0.2) is 0 Å². The molecule has 0 saturated heterocycles. The minimum atomic E-state index is -0.661. The Kier molecular flexibility index (Phi) is 24.9. The molecule has 0 rings (SSSR count). The maximum atomic E-state index is 11.2. The fraction of sp³-hybridized carbons (Fsp3) is 0.964. The number of aliphatic hydroxyl groups excluding tert-OH is 2. The Bertz CT molecular complexity index is 431. The number of ether oxygens (including phenoxy) is 3. The molecule has 3 unspecified atom stereocenters. The minimum Gasteiger partial charge on any atom is -0.463 e. The normalized spacial score (nSPS) is 14.1. The first-order valence-electron chi connectivity index (χ1n) is 14.1. The number of rotatable bonds is 26. The number of carbonyl (C=O) groups excluding carboxylic acids is 1. The molecule has 0 saturated carbocycles. The first-order valence-corrected chi connectivity index (χ1v) is 14.1. The van der Waals surface area contributed by atoms with E-state index in [-0.39, 0.29) is 31.4 Å². The summed E-state index contributed by atoms with van der Waals surface area (Å²) in [5.74, 6) is -0.320. The minimum absolute atomic E-state index is 0.163. The molecule has 0 amide bonds. The smallest absolute Gasteiger partial charge is 0.302 e. The van der Waals surface area contributed by atoms with Gasteiger partial charge in [0.25, 0.3) is 0 Å². The van der Waals surface area contributed by atoms with E-state index in [0.29, 0.717) is 19.6 Å². The molecule has 0 aliphatic carbocycles. The van der Waals surface area contributed by atoms with Gasteiger partial charge in [-0.15, -0.1) is 0 Å². The van der Waals surface area contributed by atoms with Gasteiger partial charge in [0.05, 0.1) is 25.4 Å². The molecule has 0 bridgehead atoms. The summed E-state index contributed by atoms with van der Waals surface area (Å²) in [6.45, 7) is 6.67. The first-order chi connectivity index (χ1) is 16.5. The number of hydrogen-bond acceptors (Lipinski definition) is 6. The standard InChI is InChI=1S/C28H56O6/c1-4-5-6-7-8-9-10-11-12-13-14-15-16-19-25(2)33-23-28(24-34-26(3)30)32-21-18-17-20-27(31)22-29/h25,27-29,31H,4-24H2,1-3H3. The van der Waals surface area contributed by atoms with Crippen LogP contribution in [-0.2, 0) is 19.0 Å². The summed E-state index contributed by atoms with van der Waals surface area (Å²) >= 11 is 0. The van der Waals surface area contributed by atoms with Crippen molar-refractivity contribution in [2.75, 3.05) is 26.4 Å². The lowest BCUT2D eigenvalue weighted by Crippen LogP contribution is -2.29. The molecule has 6 heteroatoms. The number of esters is 1. The summed E-state index contributed by atoms with van der Waals surface area (Å²) in [6.07, 6.45) is 20.0. The Balaban J connectivity index is 3.73. The highest BCUT2D eigenvalue weighted by molar-refractivity contribution is 5.65. The molecular formula is C28H56O6. The fourth-order valence-corrected chi connectivity index (χ4v) is 3.98. The van der Waals surface area contributed by atoms with Crippen molar-refractivity contribution in [2.45, 2.75) is 148 Å². The van der Waals surface area contributed by atoms with Crippen molar-refractivity contribution in [3.63, 3.8) is 0 Å². The zero-order valence-corrected chi connectivity index (χ0v) is 22.6. The molecule has 0 radical (unpaired) electrons. The van der Waals surface area contributed by atoms with Crippen molar-refractivity contribution in [3.8, 4) is 0 Å². The third kappa shape index (κ3) is 24.4. The molecule has 0 fully saturated rings. The lowest BCUT2D eigenvalue weighted by molar-refractivity contribution is -0.148. The first kappa shape index (κ1) is 33.3. The van der Waals surface area contributed by atoms with Crippen molar-refractivity contribution in [3.05, 3.63) is 0 Å². The van der Waals surface area contributed by atoms with Gasteiger partial charge in [-0.1, -0.05) is 90.4 Å². The zero-order valence-electron chi connectivity index (χ0n) is 22.6. The van der Waals surface area contributed by atoms with E-state index in [2.05, 4.69) is 13.8 Å². The molecule has 0 heterocycles. The summed E-state index contributed by atoms with van der Waals surface area (Å²) in [6, 6.07) is 0. The van der Waals surface area contributed by atoms with Gasteiger partial charge in [0, 0.05) is 13.5 Å². The van der Waals surface area contributed by atoms with Gasteiger partial charge < -0.3 is 24.4 Å². The molecule has 0 aromatic heterocycles. The Labute approximate surface area is 210 Å². The van der Waals surface area contributed by atoms with E-state index >= 15 is 0 Å². The second-order valence-electron chi connectivity index (χ2n) is 9.80. The Morgan fingerprint density at radius 3 is 1.79 bits per heavy atom. The van der Waals surface area contributed by atoms with E-state index in [0.717, 1.165) is 19.3 Å². The van der Waals surface area contributed by atoms with Gasteiger partial charge in [-0.2, -0.15) is 0 Å². The van der Waals surface area contributed by atoms with Gasteiger partial charge in [-0.05, 0) is 32.6 Å². The van der Waals surface area contributed by atoms with Crippen LogP contribution in [0.1, 0.15) is 130 Å². The lowest BCUT2D eigenvalue weighted by Gasteiger charge is -2.21. The van der Waals surface area contributed by atoms with E-state index in [1.807, 2.05) is 0 Å². The topological polar surface area (TPSA) is 85.2 Å². The lowest BCUT2D eigenvalue weighted by atomic mass is 10.0. The van der Waals surface area contributed by atoms with Gasteiger partial charge in [0.1, 0.15) is 12.7 Å². The molecule has 0 spiro atoms. The van der Waals surface area contributed by atoms with E-state index < -0.39 is 6.10 Å². The number of hydrogen-bond donors (Lipinski definition) is 2. The van der Waals surface area contributed by atoms with Gasteiger partial charge >= 0.3 is 5.97 Å². The quantitative estimate of drug-likeness (QED) is 0.109. The summed E-state index contributed by atoms with van der Waals surface area (Å²) in [7, 11) is 0. The molecule has 204 valence electrons. The second kappa shape index (κ2) is 25.4. The SMILES string of the molecule is CCCCCCCCCCCCCCCC(C)OCC(COC(C)=O)OCCCCC(O)CO. The van der Waals surface area contributed by atoms with Gasteiger partial charge in [0.15, 0.2) is 0 Å². The van der Waals surface area contributed by atoms with Crippen molar-refractivity contribution in [2.24, 2.45) is 0 Å². The average Bonchev–Trinajstić information content (AvgIpc) is 2.82. The average molecular weight is 489 g/mol. The fourth-order valence-electron chi connectivity index (χ4n) is 3.98. The molecule has 6 nitrogen and oxygen atoms in total. The van der Waals surface area contributed by atoms with Crippen LogP contribution < -0.4 is 0 Å². The largest absolute Gasteiger partial charge is 0.463 e. The van der Waals surface area contributed by atoms with Crippen LogP contribution in [0, 0.1) is 0 Å². The molecule has 0 aliphatic heterocycles. The van der Waals surface area contributed by atoms with E-state index in [1.54, 1.807) is 0 Å². The molecule has 34 heavy (non-hydrogen) atoms. The summed E-state index contributed by atoms with van der Waals surface area (Å²) in [4.78, 5) is 11.2. The van der Waals surface area contributed by atoms with Gasteiger partial charge in [0.2, 0.25) is 0 Å². The zero-order chi connectivity index (χ0) is 25.3. The van der Waals surface area contributed by atoms with Gasteiger partial charge in [-0.3, -0.25) is 4.79 Å². The predicted molar refractivity (Wildman–Crippen MR) is 139 cm³/mol. The van der Waals surface area contributed by atoms with Crippen LogP contribution in [0.15, 0.2) is 0 Å². The molecule has 2 N–H and O–H groups in total. The van der Waals surface area contributed by atoms with Crippen molar-refractivity contribution in [1.82, 2.24) is 0 Å². The van der Waals surface area contributed by atoms with E-state index in [9.17, 15) is 9.90 Å². The molecule has 0 aromatic carbocycles. The monoisotopic (exact) mass is 488 g/mol. The van der Waals surface area contributed by atoms with Crippen molar-refractivity contribution < 1.29 is 29.2 Å². The van der Waals surface area contributed by atoms with Crippen LogP contribution in [0.2, 0.25) is 0 Å². The van der Waals surface area contributed by atoms with Crippen LogP contribution in [0.25, 0.3) is 0 Å². The summed E-state index contributed by atoms with van der Waals surface area (Å²) < 4.78 is 16.9. The summed E-state index contributed by atoms with van der Waals surface area (Å²) in [5.41, 5.74) is 0. The number of carbonyl (C=O) groups is 1. The third-order valence-corrected chi connectivity index (χ3v) is 6.25. The maximum Gasteiger partial charge on any atom is 0.302 e. The highest BCUT2D eigenvalue weighted by atomic mass is 16.6. The predicted octanol–water partition coefficient (Wildman–Crippen LogP) is 6.34. The molecule has 0 aromatic rings. The Hall–Kier alpha value is -0.690. The molecular weight excluding hydrogens is 432 g/mol. The van der Waals surface area contributed by atoms with Crippen molar-refractivity contribution in [1.29, 1.82) is 0 Å². The highest BCUT2D eigenvalue weighted by Gasteiger charge is 2.14. The third-order valence-electron chi connectivity index (χ3n) is 6.25.